The van der Waals surface area contributed by atoms with Crippen molar-refractivity contribution in [2.45, 2.75) is 6.54 Å². The number of anilines is 1. The molecule has 0 spiro atoms. The zero-order valence-corrected chi connectivity index (χ0v) is 10.3. The first-order valence-electron chi connectivity index (χ1n) is 5.54. The summed E-state index contributed by atoms with van der Waals surface area (Å²) in [6.07, 6.45) is 1.47. The molecule has 4 nitrogen and oxygen atoms in total. The van der Waals surface area contributed by atoms with Crippen LogP contribution in [0.1, 0.15) is 5.56 Å². The summed E-state index contributed by atoms with van der Waals surface area (Å²) in [5.74, 6) is 0.306. The van der Waals surface area contributed by atoms with Crippen LogP contribution in [0, 0.1) is 5.82 Å². The fourth-order valence-electron chi connectivity index (χ4n) is 1.65. The summed E-state index contributed by atoms with van der Waals surface area (Å²) >= 11 is 0. The molecule has 0 fully saturated rings. The molecule has 1 aromatic heterocycles. The molecule has 0 aliphatic carbocycles. The molecule has 1 aromatic carbocycles. The Hall–Kier alpha value is -2.17. The molecule has 0 aliphatic heterocycles. The van der Waals surface area contributed by atoms with Gasteiger partial charge in [0, 0.05) is 26.7 Å². The lowest BCUT2D eigenvalue weighted by Crippen LogP contribution is -2.23. The Kier molecular flexibility index (Phi) is 3.41. The van der Waals surface area contributed by atoms with Gasteiger partial charge in [0.2, 0.25) is 0 Å². The van der Waals surface area contributed by atoms with Crippen LogP contribution in [-0.2, 0) is 13.6 Å². The summed E-state index contributed by atoms with van der Waals surface area (Å²) in [7, 11) is 3.46. The number of benzene rings is 1. The van der Waals surface area contributed by atoms with Gasteiger partial charge in [0.1, 0.15) is 11.6 Å². The van der Waals surface area contributed by atoms with E-state index in [1.807, 2.05) is 13.1 Å². The van der Waals surface area contributed by atoms with Gasteiger partial charge in [0.05, 0.1) is 6.33 Å². The molecule has 0 N–H and O–H groups in total. The Balaban J connectivity index is 2.19. The molecule has 0 radical (unpaired) electrons. The van der Waals surface area contributed by atoms with Crippen LogP contribution in [0.3, 0.4) is 0 Å². The molecule has 0 unspecified atom stereocenters. The van der Waals surface area contributed by atoms with Crippen LogP contribution >= 0.6 is 0 Å². The smallest absolute Gasteiger partial charge is 0.255 e. The van der Waals surface area contributed by atoms with Crippen molar-refractivity contribution in [3.8, 4) is 0 Å². The van der Waals surface area contributed by atoms with Gasteiger partial charge in [-0.2, -0.15) is 0 Å². The van der Waals surface area contributed by atoms with Crippen LogP contribution in [0.4, 0.5) is 10.2 Å². The summed E-state index contributed by atoms with van der Waals surface area (Å²) in [5, 5.41) is 0. The van der Waals surface area contributed by atoms with Crippen LogP contribution in [0.2, 0.25) is 0 Å². The average Bonchev–Trinajstić information content (AvgIpc) is 2.32. The van der Waals surface area contributed by atoms with Gasteiger partial charge in [0.15, 0.2) is 0 Å². The Morgan fingerprint density at radius 3 is 2.83 bits per heavy atom. The number of halogens is 1. The molecular weight excluding hydrogens is 233 g/mol. The van der Waals surface area contributed by atoms with Gasteiger partial charge in [-0.25, -0.2) is 9.37 Å². The Morgan fingerprint density at radius 1 is 1.39 bits per heavy atom. The number of rotatable bonds is 3. The molecule has 94 valence electrons. The number of aryl methyl sites for hydroxylation is 1. The highest BCUT2D eigenvalue weighted by Gasteiger charge is 2.05. The van der Waals surface area contributed by atoms with Crippen LogP contribution in [0.5, 0.6) is 0 Å². The normalized spacial score (nSPS) is 10.4. The lowest BCUT2D eigenvalue weighted by atomic mass is 10.2. The molecule has 0 atom stereocenters. The van der Waals surface area contributed by atoms with E-state index >= 15 is 0 Å². The summed E-state index contributed by atoms with van der Waals surface area (Å²) < 4.78 is 14.5. The molecule has 0 saturated carbocycles. The zero-order valence-electron chi connectivity index (χ0n) is 10.3. The van der Waals surface area contributed by atoms with Crippen molar-refractivity contribution in [1.82, 2.24) is 9.55 Å². The van der Waals surface area contributed by atoms with E-state index in [0.29, 0.717) is 12.4 Å². The minimum atomic E-state index is -0.266. The van der Waals surface area contributed by atoms with Gasteiger partial charge >= 0.3 is 0 Å². The molecule has 18 heavy (non-hydrogen) atoms. The highest BCUT2D eigenvalue weighted by atomic mass is 19.1. The second kappa shape index (κ2) is 5.00. The summed E-state index contributed by atoms with van der Waals surface area (Å²) in [5.41, 5.74) is 0.714. The first-order chi connectivity index (χ1) is 8.56. The zero-order chi connectivity index (χ0) is 13.1. The number of hydrogen-bond acceptors (Lipinski definition) is 3. The molecule has 1 heterocycles. The fourth-order valence-corrected chi connectivity index (χ4v) is 1.65. The van der Waals surface area contributed by atoms with Crippen molar-refractivity contribution in [2.75, 3.05) is 11.9 Å². The Morgan fingerprint density at radius 2 is 2.17 bits per heavy atom. The van der Waals surface area contributed by atoms with E-state index in [9.17, 15) is 9.18 Å². The van der Waals surface area contributed by atoms with Gasteiger partial charge in [0.25, 0.3) is 5.56 Å². The minimum absolute atomic E-state index is 0.119. The van der Waals surface area contributed by atoms with Crippen molar-refractivity contribution in [1.29, 1.82) is 0 Å². The topological polar surface area (TPSA) is 38.1 Å². The molecule has 2 rings (SSSR count). The van der Waals surface area contributed by atoms with Crippen LogP contribution in [-0.4, -0.2) is 16.6 Å². The van der Waals surface area contributed by atoms with E-state index in [2.05, 4.69) is 4.98 Å². The minimum Gasteiger partial charge on any atom is -0.355 e. The molecule has 0 saturated heterocycles. The maximum absolute atomic E-state index is 13.0. The average molecular weight is 247 g/mol. The standard InChI is InChI=1S/C13H14FN3O/c1-16(8-10-4-3-5-11(14)6-10)12-7-13(18)17(2)9-15-12/h3-7,9H,8H2,1-2H3. The Labute approximate surface area is 104 Å². The SMILES string of the molecule is CN(Cc1cccc(F)c1)c1cc(=O)n(C)cn1. The van der Waals surface area contributed by atoms with E-state index < -0.39 is 0 Å². The predicted octanol–water partition coefficient (Wildman–Crippen LogP) is 1.56. The summed E-state index contributed by atoms with van der Waals surface area (Å²) in [4.78, 5) is 17.4. The highest BCUT2D eigenvalue weighted by molar-refractivity contribution is 5.36. The largest absolute Gasteiger partial charge is 0.355 e. The number of hydrogen-bond donors (Lipinski definition) is 0. The second-order valence-electron chi connectivity index (χ2n) is 4.18. The van der Waals surface area contributed by atoms with Crippen LogP contribution in [0.25, 0.3) is 0 Å². The van der Waals surface area contributed by atoms with Gasteiger partial charge < -0.3 is 9.47 Å². The first kappa shape index (κ1) is 12.3. The van der Waals surface area contributed by atoms with Crippen LogP contribution in [0.15, 0.2) is 41.5 Å². The third-order valence-electron chi connectivity index (χ3n) is 2.66. The number of aromatic nitrogens is 2. The third-order valence-corrected chi connectivity index (χ3v) is 2.66. The molecule has 0 amide bonds. The summed E-state index contributed by atoms with van der Waals surface area (Å²) in [6.45, 7) is 0.498. The van der Waals surface area contributed by atoms with Crippen molar-refractivity contribution < 1.29 is 4.39 Å². The van der Waals surface area contributed by atoms with E-state index in [-0.39, 0.29) is 11.4 Å². The van der Waals surface area contributed by atoms with Gasteiger partial charge in [-0.05, 0) is 17.7 Å². The van der Waals surface area contributed by atoms with E-state index in [0.717, 1.165) is 5.56 Å². The summed E-state index contributed by atoms with van der Waals surface area (Å²) in [6, 6.07) is 7.83. The maximum Gasteiger partial charge on any atom is 0.255 e. The Bertz CT molecular complexity index is 609. The van der Waals surface area contributed by atoms with Crippen molar-refractivity contribution in [3.05, 3.63) is 58.4 Å². The van der Waals surface area contributed by atoms with Gasteiger partial charge in [-0.15, -0.1) is 0 Å². The molecule has 0 aliphatic rings. The molecule has 2 aromatic rings. The van der Waals surface area contributed by atoms with E-state index in [4.69, 9.17) is 0 Å². The highest BCUT2D eigenvalue weighted by Crippen LogP contribution is 2.11. The lowest BCUT2D eigenvalue weighted by molar-refractivity contribution is 0.625. The molecular formula is C13H14FN3O. The lowest BCUT2D eigenvalue weighted by Gasteiger charge is -2.18. The number of nitrogens with zero attached hydrogens (tertiary/aromatic N) is 3. The fraction of sp³-hybridized carbons (Fsp3) is 0.231. The second-order valence-corrected chi connectivity index (χ2v) is 4.18. The molecule has 5 heteroatoms. The quantitative estimate of drug-likeness (QED) is 0.826. The monoisotopic (exact) mass is 247 g/mol. The van der Waals surface area contributed by atoms with Gasteiger partial charge in [-0.1, -0.05) is 12.1 Å². The molecule has 0 bridgehead atoms. The van der Waals surface area contributed by atoms with E-state index in [1.165, 1.54) is 29.1 Å². The first-order valence-corrected chi connectivity index (χ1v) is 5.54. The predicted molar refractivity (Wildman–Crippen MR) is 68.0 cm³/mol. The van der Waals surface area contributed by atoms with Crippen molar-refractivity contribution in [2.24, 2.45) is 7.05 Å². The van der Waals surface area contributed by atoms with Gasteiger partial charge in [-0.3, -0.25) is 4.79 Å². The van der Waals surface area contributed by atoms with Crippen molar-refractivity contribution in [3.63, 3.8) is 0 Å². The maximum atomic E-state index is 13.0. The van der Waals surface area contributed by atoms with E-state index in [1.54, 1.807) is 18.0 Å². The van der Waals surface area contributed by atoms with Crippen LogP contribution < -0.4 is 10.5 Å². The van der Waals surface area contributed by atoms with Crippen molar-refractivity contribution >= 4 is 5.82 Å². The third kappa shape index (κ3) is 2.74.